The molecule has 0 bridgehead atoms. The summed E-state index contributed by atoms with van der Waals surface area (Å²) >= 11 is 0. The van der Waals surface area contributed by atoms with Gasteiger partial charge in [0.05, 0.1) is 14.2 Å². The first kappa shape index (κ1) is 13.4. The first-order chi connectivity index (χ1) is 9.26. The first-order valence-corrected chi connectivity index (χ1v) is 6.20. The predicted molar refractivity (Wildman–Crippen MR) is 75.8 cm³/mol. The maximum atomic E-state index is 8.91. The van der Waals surface area contributed by atoms with Crippen LogP contribution >= 0.6 is 0 Å². The zero-order valence-electron chi connectivity index (χ0n) is 11.2. The van der Waals surface area contributed by atoms with Crippen molar-refractivity contribution in [2.75, 3.05) is 20.8 Å². The van der Waals surface area contributed by atoms with Crippen LogP contribution in [0.3, 0.4) is 0 Å². The minimum absolute atomic E-state index is 0.173. The fraction of sp³-hybridized carbons (Fsp3) is 0.250. The van der Waals surface area contributed by atoms with Gasteiger partial charge in [-0.15, -0.1) is 0 Å². The molecule has 0 atom stereocenters. The Hall–Kier alpha value is -2.00. The van der Waals surface area contributed by atoms with Crippen molar-refractivity contribution in [2.45, 2.75) is 6.42 Å². The highest BCUT2D eigenvalue weighted by atomic mass is 16.5. The zero-order valence-corrected chi connectivity index (χ0v) is 11.2. The highest BCUT2D eigenvalue weighted by Crippen LogP contribution is 2.29. The first-order valence-electron chi connectivity index (χ1n) is 6.20. The highest BCUT2D eigenvalue weighted by molar-refractivity contribution is 5.67. The standard InChI is InChI=1S/C16H18O3/c1-18-15-9-14(10-16(11-15)19-2)13-5-3-12(4-6-13)7-8-17/h3-6,9-11,17H,7-8H2,1-2H3. The molecule has 0 heterocycles. The third-order valence-corrected chi connectivity index (χ3v) is 3.04. The Balaban J connectivity index is 2.34. The minimum Gasteiger partial charge on any atom is -0.497 e. The summed E-state index contributed by atoms with van der Waals surface area (Å²) in [6.07, 6.45) is 0.682. The van der Waals surface area contributed by atoms with E-state index in [9.17, 15) is 0 Å². The van der Waals surface area contributed by atoms with Crippen molar-refractivity contribution in [2.24, 2.45) is 0 Å². The summed E-state index contributed by atoms with van der Waals surface area (Å²) in [5.41, 5.74) is 3.27. The monoisotopic (exact) mass is 258 g/mol. The summed E-state index contributed by atoms with van der Waals surface area (Å²) in [6, 6.07) is 13.9. The zero-order chi connectivity index (χ0) is 13.7. The Morgan fingerprint density at radius 3 is 1.89 bits per heavy atom. The molecule has 0 radical (unpaired) electrons. The molecular formula is C16H18O3. The molecule has 0 fully saturated rings. The van der Waals surface area contributed by atoms with Gasteiger partial charge in [0.15, 0.2) is 0 Å². The molecule has 2 aromatic carbocycles. The third-order valence-electron chi connectivity index (χ3n) is 3.04. The van der Waals surface area contributed by atoms with Gasteiger partial charge in [0.25, 0.3) is 0 Å². The number of aliphatic hydroxyl groups excluding tert-OH is 1. The van der Waals surface area contributed by atoms with Gasteiger partial charge in [-0.2, -0.15) is 0 Å². The van der Waals surface area contributed by atoms with Gasteiger partial charge >= 0.3 is 0 Å². The Kier molecular flexibility index (Phi) is 4.42. The van der Waals surface area contributed by atoms with E-state index >= 15 is 0 Å². The Morgan fingerprint density at radius 1 is 0.842 bits per heavy atom. The van der Waals surface area contributed by atoms with Crippen molar-refractivity contribution >= 4 is 0 Å². The maximum absolute atomic E-state index is 8.91. The molecular weight excluding hydrogens is 240 g/mol. The predicted octanol–water partition coefficient (Wildman–Crippen LogP) is 2.91. The highest BCUT2D eigenvalue weighted by Gasteiger charge is 2.04. The van der Waals surface area contributed by atoms with Crippen LogP contribution < -0.4 is 9.47 Å². The SMILES string of the molecule is COc1cc(OC)cc(-c2ccc(CCO)cc2)c1. The average molecular weight is 258 g/mol. The molecule has 3 nitrogen and oxygen atoms in total. The average Bonchev–Trinajstić information content (AvgIpc) is 2.47. The number of benzene rings is 2. The van der Waals surface area contributed by atoms with Gasteiger partial charge in [0, 0.05) is 12.7 Å². The Morgan fingerprint density at radius 2 is 1.42 bits per heavy atom. The van der Waals surface area contributed by atoms with Crippen LogP contribution in [0.5, 0.6) is 11.5 Å². The van der Waals surface area contributed by atoms with E-state index in [0.29, 0.717) is 6.42 Å². The van der Waals surface area contributed by atoms with E-state index in [1.807, 2.05) is 42.5 Å². The number of rotatable bonds is 5. The van der Waals surface area contributed by atoms with E-state index in [-0.39, 0.29) is 6.61 Å². The summed E-state index contributed by atoms with van der Waals surface area (Å²) in [4.78, 5) is 0. The van der Waals surface area contributed by atoms with Crippen LogP contribution in [-0.2, 0) is 6.42 Å². The van der Waals surface area contributed by atoms with Gasteiger partial charge in [0.1, 0.15) is 11.5 Å². The number of aliphatic hydroxyl groups is 1. The molecule has 0 aliphatic carbocycles. The fourth-order valence-corrected chi connectivity index (χ4v) is 1.97. The molecule has 1 N–H and O–H groups in total. The quantitative estimate of drug-likeness (QED) is 0.896. The Bertz CT molecular complexity index is 510. The van der Waals surface area contributed by atoms with E-state index in [4.69, 9.17) is 14.6 Å². The van der Waals surface area contributed by atoms with E-state index in [0.717, 1.165) is 28.2 Å². The molecule has 0 aliphatic heterocycles. The number of hydrogen-bond donors (Lipinski definition) is 1. The topological polar surface area (TPSA) is 38.7 Å². The summed E-state index contributed by atoms with van der Waals surface area (Å²) < 4.78 is 10.5. The minimum atomic E-state index is 0.173. The lowest BCUT2D eigenvalue weighted by Crippen LogP contribution is -1.91. The number of ether oxygens (including phenoxy) is 2. The Labute approximate surface area is 113 Å². The summed E-state index contributed by atoms with van der Waals surface area (Å²) in [5, 5.41) is 8.91. The molecule has 0 unspecified atom stereocenters. The van der Waals surface area contributed by atoms with Crippen LogP contribution in [0.25, 0.3) is 11.1 Å². The summed E-state index contributed by atoms with van der Waals surface area (Å²) in [6.45, 7) is 0.173. The molecule has 0 saturated carbocycles. The largest absolute Gasteiger partial charge is 0.497 e. The fourth-order valence-electron chi connectivity index (χ4n) is 1.97. The van der Waals surface area contributed by atoms with Crippen molar-refractivity contribution in [1.29, 1.82) is 0 Å². The normalized spacial score (nSPS) is 10.3. The molecule has 2 aromatic rings. The maximum Gasteiger partial charge on any atom is 0.123 e. The van der Waals surface area contributed by atoms with Gasteiger partial charge in [-0.3, -0.25) is 0 Å². The van der Waals surface area contributed by atoms with Crippen LogP contribution in [0.1, 0.15) is 5.56 Å². The molecule has 100 valence electrons. The van der Waals surface area contributed by atoms with Gasteiger partial charge in [0.2, 0.25) is 0 Å². The lowest BCUT2D eigenvalue weighted by atomic mass is 10.0. The van der Waals surface area contributed by atoms with E-state index in [2.05, 4.69) is 0 Å². The molecule has 0 aromatic heterocycles. The van der Waals surface area contributed by atoms with Crippen molar-refractivity contribution in [3.8, 4) is 22.6 Å². The molecule has 2 rings (SSSR count). The molecule has 0 spiro atoms. The van der Waals surface area contributed by atoms with Crippen LogP contribution in [0.2, 0.25) is 0 Å². The number of hydrogen-bond acceptors (Lipinski definition) is 3. The second kappa shape index (κ2) is 6.25. The van der Waals surface area contributed by atoms with E-state index in [1.54, 1.807) is 14.2 Å². The lowest BCUT2D eigenvalue weighted by Gasteiger charge is -2.09. The smallest absolute Gasteiger partial charge is 0.123 e. The number of methoxy groups -OCH3 is 2. The van der Waals surface area contributed by atoms with Gasteiger partial charge in [-0.05, 0) is 35.2 Å². The molecule has 3 heteroatoms. The van der Waals surface area contributed by atoms with Crippen LogP contribution in [0.4, 0.5) is 0 Å². The summed E-state index contributed by atoms with van der Waals surface area (Å²) in [7, 11) is 3.28. The van der Waals surface area contributed by atoms with Gasteiger partial charge in [-0.25, -0.2) is 0 Å². The van der Waals surface area contributed by atoms with Crippen molar-refractivity contribution in [3.63, 3.8) is 0 Å². The molecule has 0 amide bonds. The van der Waals surface area contributed by atoms with Crippen molar-refractivity contribution in [3.05, 3.63) is 48.0 Å². The van der Waals surface area contributed by atoms with Gasteiger partial charge < -0.3 is 14.6 Å². The van der Waals surface area contributed by atoms with Crippen LogP contribution in [0, 0.1) is 0 Å². The van der Waals surface area contributed by atoms with Crippen LogP contribution in [0.15, 0.2) is 42.5 Å². The van der Waals surface area contributed by atoms with E-state index < -0.39 is 0 Å². The molecule has 0 aliphatic rings. The van der Waals surface area contributed by atoms with Crippen LogP contribution in [-0.4, -0.2) is 25.9 Å². The molecule has 0 saturated heterocycles. The molecule has 19 heavy (non-hydrogen) atoms. The third kappa shape index (κ3) is 3.26. The second-order valence-corrected chi connectivity index (χ2v) is 4.27. The van der Waals surface area contributed by atoms with Gasteiger partial charge in [-0.1, -0.05) is 24.3 Å². The summed E-state index contributed by atoms with van der Waals surface area (Å²) in [5.74, 6) is 1.54. The second-order valence-electron chi connectivity index (χ2n) is 4.27. The van der Waals surface area contributed by atoms with Crippen molar-refractivity contribution in [1.82, 2.24) is 0 Å². The lowest BCUT2D eigenvalue weighted by molar-refractivity contribution is 0.299. The van der Waals surface area contributed by atoms with E-state index in [1.165, 1.54) is 0 Å². The van der Waals surface area contributed by atoms with Crippen molar-refractivity contribution < 1.29 is 14.6 Å².